The number of carbonyl (C=O) groups excluding carboxylic acids is 1. The fourth-order valence-corrected chi connectivity index (χ4v) is 0.400. The molecule has 0 fully saturated rings. The summed E-state index contributed by atoms with van der Waals surface area (Å²) < 4.78 is 58.1. The maximum Gasteiger partial charge on any atom is 0.351 e. The summed E-state index contributed by atoms with van der Waals surface area (Å²) >= 11 is 2.55. The van der Waals surface area contributed by atoms with E-state index in [1.54, 1.807) is 0 Å². The highest BCUT2D eigenvalue weighted by Crippen LogP contribution is 2.28. The van der Waals surface area contributed by atoms with E-state index in [-0.39, 0.29) is 0 Å². The normalized spacial score (nSPS) is 15.2. The van der Waals surface area contributed by atoms with Gasteiger partial charge in [0.2, 0.25) is 6.17 Å². The molecule has 0 amide bonds. The number of alkyl halides is 5. The second kappa shape index (κ2) is 3.38. The molecule has 0 aliphatic heterocycles. The minimum absolute atomic E-state index is 2.20. The quantitative estimate of drug-likeness (QED) is 0.534. The van der Waals surface area contributed by atoms with Gasteiger partial charge in [-0.15, -0.1) is 0 Å². The minimum Gasteiger partial charge on any atom is -0.280 e. The van der Waals surface area contributed by atoms with E-state index < -0.39 is 23.6 Å². The van der Waals surface area contributed by atoms with Crippen molar-refractivity contribution in [2.45, 2.75) is 18.5 Å². The van der Waals surface area contributed by atoms with E-state index in [4.69, 9.17) is 0 Å². The molecule has 0 aliphatic rings. The average molecular weight is 194 g/mol. The summed E-state index contributed by atoms with van der Waals surface area (Å²) in [5, 5.41) is -2.20. The van der Waals surface area contributed by atoms with Crippen molar-refractivity contribution < 1.29 is 26.7 Å². The van der Waals surface area contributed by atoms with E-state index in [0.717, 1.165) is 0 Å². The van der Waals surface area contributed by atoms with Crippen LogP contribution in [0.3, 0.4) is 0 Å². The van der Waals surface area contributed by atoms with E-state index in [2.05, 4.69) is 12.6 Å². The molecule has 11 heavy (non-hydrogen) atoms. The molecular weight excluding hydrogens is 191 g/mol. The van der Waals surface area contributed by atoms with Gasteiger partial charge >= 0.3 is 5.92 Å². The van der Waals surface area contributed by atoms with Gasteiger partial charge in [0, 0.05) is 0 Å². The Labute approximate surface area is 64.0 Å². The predicted molar refractivity (Wildman–Crippen MR) is 29.8 cm³/mol. The summed E-state index contributed by atoms with van der Waals surface area (Å²) in [4.78, 5) is 9.75. The lowest BCUT2D eigenvalue weighted by atomic mass is 10.2. The molecule has 0 aliphatic carbocycles. The zero-order chi connectivity index (χ0) is 9.23. The Morgan fingerprint density at radius 2 is 1.64 bits per heavy atom. The van der Waals surface area contributed by atoms with Crippen LogP contribution in [0, 0.1) is 0 Å². The molecule has 0 radical (unpaired) electrons. The number of carbonyl (C=O) groups is 1. The van der Waals surface area contributed by atoms with Crippen LogP contribution in [0.5, 0.6) is 0 Å². The van der Waals surface area contributed by atoms with Gasteiger partial charge in [-0.1, -0.05) is 12.6 Å². The first-order valence-electron chi connectivity index (χ1n) is 2.33. The molecule has 7 heteroatoms. The maximum absolute atomic E-state index is 11.9. The third-order valence-electron chi connectivity index (χ3n) is 0.853. The highest BCUT2D eigenvalue weighted by atomic mass is 32.1. The van der Waals surface area contributed by atoms with Gasteiger partial charge in [0.25, 0.3) is 11.5 Å². The lowest BCUT2D eigenvalue weighted by molar-refractivity contribution is -0.155. The van der Waals surface area contributed by atoms with Gasteiger partial charge in [0.05, 0.1) is 0 Å². The molecule has 0 bridgehead atoms. The first-order valence-corrected chi connectivity index (χ1v) is 2.78. The summed E-state index contributed by atoms with van der Waals surface area (Å²) in [5.74, 6) is -4.71. The first-order chi connectivity index (χ1) is 4.80. The molecule has 0 heterocycles. The van der Waals surface area contributed by atoms with Gasteiger partial charge in [-0.3, -0.25) is 4.79 Å². The monoisotopic (exact) mass is 194 g/mol. The molecule has 0 aromatic carbocycles. The number of thiol groups is 1. The van der Waals surface area contributed by atoms with Crippen LogP contribution >= 0.6 is 12.6 Å². The van der Waals surface area contributed by atoms with Crippen molar-refractivity contribution in [2.75, 3.05) is 0 Å². The number of hydrogen-bond donors (Lipinski definition) is 1. The molecule has 1 unspecified atom stereocenters. The molecule has 0 spiro atoms. The number of hydrogen-bond acceptors (Lipinski definition) is 1. The minimum atomic E-state index is -4.71. The van der Waals surface area contributed by atoms with Crippen molar-refractivity contribution in [3.05, 3.63) is 0 Å². The van der Waals surface area contributed by atoms with Crippen LogP contribution in [-0.2, 0) is 4.79 Å². The zero-order valence-electron chi connectivity index (χ0n) is 4.90. The summed E-state index contributed by atoms with van der Waals surface area (Å²) in [7, 11) is 0. The lowest BCUT2D eigenvalue weighted by Crippen LogP contribution is -2.40. The van der Waals surface area contributed by atoms with Gasteiger partial charge in [-0.25, -0.2) is 13.2 Å². The average Bonchev–Trinajstić information content (AvgIpc) is 1.85. The molecule has 1 atom stereocenters. The molecule has 0 N–H and O–H groups in total. The summed E-state index contributed by atoms with van der Waals surface area (Å²) in [6, 6.07) is 0. The smallest absolute Gasteiger partial charge is 0.280 e. The second-order valence-corrected chi connectivity index (χ2v) is 2.07. The second-order valence-electron chi connectivity index (χ2n) is 1.66. The topological polar surface area (TPSA) is 17.1 Å². The van der Waals surface area contributed by atoms with Crippen LogP contribution in [0.2, 0.25) is 0 Å². The lowest BCUT2D eigenvalue weighted by Gasteiger charge is -2.15. The number of rotatable bonds is 3. The van der Waals surface area contributed by atoms with Crippen LogP contribution in [0.4, 0.5) is 22.0 Å². The van der Waals surface area contributed by atoms with Crippen LogP contribution in [0.15, 0.2) is 0 Å². The molecule has 66 valence electrons. The Morgan fingerprint density at radius 3 is 1.73 bits per heavy atom. The molecular formula is C4H3F5OS. The standard InChI is InChI=1S/C4H3F5OS/c5-1(2(6)7)4(8,9)3(10)11/h1-2H,(H,10,11). The van der Waals surface area contributed by atoms with Crippen LogP contribution in [0.25, 0.3) is 0 Å². The van der Waals surface area contributed by atoms with Crippen molar-refractivity contribution in [2.24, 2.45) is 0 Å². The van der Waals surface area contributed by atoms with Crippen molar-refractivity contribution in [3.8, 4) is 0 Å². The van der Waals surface area contributed by atoms with E-state index in [1.807, 2.05) is 0 Å². The van der Waals surface area contributed by atoms with Crippen molar-refractivity contribution in [1.29, 1.82) is 0 Å². The van der Waals surface area contributed by atoms with E-state index in [0.29, 0.717) is 0 Å². The first kappa shape index (κ1) is 10.7. The third kappa shape index (κ3) is 2.32. The molecule has 0 aromatic heterocycles. The van der Waals surface area contributed by atoms with Gasteiger partial charge in [-0.2, -0.15) is 8.78 Å². The Bertz CT molecular complexity index is 159. The van der Waals surface area contributed by atoms with Gasteiger partial charge in [-0.05, 0) is 0 Å². The van der Waals surface area contributed by atoms with E-state index in [1.165, 1.54) is 0 Å². The SMILES string of the molecule is O=C(S)C(F)(F)C(F)C(F)F. The van der Waals surface area contributed by atoms with Gasteiger partial charge in [0.1, 0.15) is 0 Å². The van der Waals surface area contributed by atoms with Crippen molar-refractivity contribution >= 4 is 17.7 Å². The highest BCUT2D eigenvalue weighted by Gasteiger charge is 2.51. The fourth-order valence-electron chi connectivity index (χ4n) is 0.276. The number of halogens is 5. The van der Waals surface area contributed by atoms with Gasteiger partial charge in [0.15, 0.2) is 0 Å². The third-order valence-corrected chi connectivity index (χ3v) is 1.15. The van der Waals surface area contributed by atoms with Crippen molar-refractivity contribution in [3.63, 3.8) is 0 Å². The van der Waals surface area contributed by atoms with E-state index in [9.17, 15) is 26.7 Å². The molecule has 1 nitrogen and oxygen atoms in total. The Hall–Kier alpha value is -0.330. The van der Waals surface area contributed by atoms with Crippen LogP contribution < -0.4 is 0 Å². The summed E-state index contributed by atoms with van der Waals surface area (Å²) in [6.45, 7) is 0. The van der Waals surface area contributed by atoms with Crippen LogP contribution in [0.1, 0.15) is 0 Å². The fraction of sp³-hybridized carbons (Fsp3) is 0.750. The molecule has 0 rings (SSSR count). The summed E-state index contributed by atoms with van der Waals surface area (Å²) in [6.07, 6.45) is -7.67. The maximum atomic E-state index is 11.9. The van der Waals surface area contributed by atoms with E-state index >= 15 is 0 Å². The molecule has 0 saturated heterocycles. The van der Waals surface area contributed by atoms with Crippen molar-refractivity contribution in [1.82, 2.24) is 0 Å². The predicted octanol–water partition coefficient (Wildman–Crippen LogP) is 1.68. The highest BCUT2D eigenvalue weighted by molar-refractivity contribution is 7.96. The summed E-state index contributed by atoms with van der Waals surface area (Å²) in [5.41, 5.74) is 0. The molecule has 0 saturated carbocycles. The Morgan fingerprint density at radius 1 is 1.27 bits per heavy atom. The largest absolute Gasteiger partial charge is 0.351 e. The van der Waals surface area contributed by atoms with Crippen LogP contribution in [-0.4, -0.2) is 23.6 Å². The molecule has 0 aromatic rings. The Kier molecular flexibility index (Phi) is 3.28. The zero-order valence-corrected chi connectivity index (χ0v) is 5.79. The van der Waals surface area contributed by atoms with Gasteiger partial charge < -0.3 is 0 Å². The Balaban J connectivity index is 4.42.